The average Bonchev–Trinajstić information content (AvgIpc) is 3.14. The Morgan fingerprint density at radius 1 is 1.31 bits per heavy atom. The molecule has 5 heteroatoms. The van der Waals surface area contributed by atoms with Crippen molar-refractivity contribution in [3.05, 3.63) is 70.3 Å². The van der Waals surface area contributed by atoms with Gasteiger partial charge < -0.3 is 9.88 Å². The number of rotatable bonds is 6. The predicted molar refractivity (Wildman–Crippen MR) is 109 cm³/mol. The molecule has 1 amide bonds. The first-order valence-electron chi connectivity index (χ1n) is 8.57. The fourth-order valence-electron chi connectivity index (χ4n) is 3.05. The molecule has 0 saturated heterocycles. The van der Waals surface area contributed by atoms with Crippen molar-refractivity contribution in [3.8, 4) is 11.3 Å². The molecule has 3 aromatic rings. The molecule has 2 heterocycles. The molecule has 0 atom stereocenters. The van der Waals surface area contributed by atoms with E-state index in [-0.39, 0.29) is 12.3 Å². The van der Waals surface area contributed by atoms with Crippen LogP contribution in [-0.2, 0) is 17.8 Å². The molecular formula is C21H23N3OS. The van der Waals surface area contributed by atoms with Crippen LogP contribution in [0.25, 0.3) is 11.3 Å². The Morgan fingerprint density at radius 2 is 2.12 bits per heavy atom. The van der Waals surface area contributed by atoms with Crippen molar-refractivity contribution in [2.45, 2.75) is 33.7 Å². The summed E-state index contributed by atoms with van der Waals surface area (Å²) >= 11 is 1.52. The second kappa shape index (κ2) is 7.70. The lowest BCUT2D eigenvalue weighted by Gasteiger charge is -2.05. The maximum absolute atomic E-state index is 12.3. The Hall–Kier alpha value is -2.66. The lowest BCUT2D eigenvalue weighted by Crippen LogP contribution is -2.14. The van der Waals surface area contributed by atoms with Crippen LogP contribution in [0, 0.1) is 20.8 Å². The number of hydrogen-bond acceptors (Lipinski definition) is 3. The topological polar surface area (TPSA) is 46.9 Å². The van der Waals surface area contributed by atoms with Gasteiger partial charge in [-0.3, -0.25) is 4.79 Å². The minimum absolute atomic E-state index is 0.0476. The third kappa shape index (κ3) is 3.94. The first kappa shape index (κ1) is 18.1. The quantitative estimate of drug-likeness (QED) is 0.631. The van der Waals surface area contributed by atoms with E-state index in [0.717, 1.165) is 34.1 Å². The summed E-state index contributed by atoms with van der Waals surface area (Å²) in [6, 6.07) is 9.94. The molecule has 0 spiro atoms. The van der Waals surface area contributed by atoms with Crippen molar-refractivity contribution in [1.82, 2.24) is 9.55 Å². The van der Waals surface area contributed by atoms with E-state index in [1.165, 1.54) is 22.7 Å². The van der Waals surface area contributed by atoms with Crippen LogP contribution in [0.2, 0.25) is 0 Å². The van der Waals surface area contributed by atoms with Crippen LogP contribution >= 0.6 is 11.3 Å². The number of allylic oxidation sites excluding steroid dienone is 1. The van der Waals surface area contributed by atoms with E-state index in [1.54, 1.807) is 0 Å². The number of hydrogen-bond donors (Lipinski definition) is 1. The number of benzene rings is 1. The molecule has 0 unspecified atom stereocenters. The van der Waals surface area contributed by atoms with E-state index >= 15 is 0 Å². The van der Waals surface area contributed by atoms with E-state index in [1.807, 2.05) is 42.6 Å². The Kier molecular flexibility index (Phi) is 5.38. The number of aryl methyl sites for hydroxylation is 2. The molecule has 0 saturated carbocycles. The van der Waals surface area contributed by atoms with Gasteiger partial charge in [0, 0.05) is 34.6 Å². The van der Waals surface area contributed by atoms with Crippen molar-refractivity contribution < 1.29 is 4.79 Å². The SMILES string of the molecule is C=CCn1c(C)cc(-c2csc(CC(=O)Nc3cccc(C)c3)n2)c1C. The van der Waals surface area contributed by atoms with Gasteiger partial charge in [0.15, 0.2) is 0 Å². The number of nitrogens with zero attached hydrogens (tertiary/aromatic N) is 2. The Labute approximate surface area is 158 Å². The third-order valence-electron chi connectivity index (χ3n) is 4.33. The second-order valence-corrected chi connectivity index (χ2v) is 7.35. The fourth-order valence-corrected chi connectivity index (χ4v) is 3.84. The number of nitrogens with one attached hydrogen (secondary N) is 1. The molecule has 0 bridgehead atoms. The van der Waals surface area contributed by atoms with Crippen LogP contribution in [0.15, 0.2) is 48.4 Å². The summed E-state index contributed by atoms with van der Waals surface area (Å²) in [6.07, 6.45) is 2.18. The molecule has 0 aliphatic carbocycles. The number of aromatic nitrogens is 2. The summed E-state index contributed by atoms with van der Waals surface area (Å²) in [7, 11) is 0. The first-order valence-corrected chi connectivity index (χ1v) is 9.45. The summed E-state index contributed by atoms with van der Waals surface area (Å²) in [5, 5.41) is 5.78. The van der Waals surface area contributed by atoms with E-state index in [4.69, 9.17) is 0 Å². The highest BCUT2D eigenvalue weighted by molar-refractivity contribution is 7.10. The Balaban J connectivity index is 1.73. The normalized spacial score (nSPS) is 10.7. The summed E-state index contributed by atoms with van der Waals surface area (Å²) < 4.78 is 2.21. The highest BCUT2D eigenvalue weighted by Gasteiger charge is 2.14. The summed E-state index contributed by atoms with van der Waals surface area (Å²) in [5.74, 6) is -0.0476. The van der Waals surface area contributed by atoms with Crippen LogP contribution < -0.4 is 5.32 Å². The monoisotopic (exact) mass is 365 g/mol. The van der Waals surface area contributed by atoms with Gasteiger partial charge in [-0.1, -0.05) is 18.2 Å². The zero-order valence-electron chi connectivity index (χ0n) is 15.4. The molecule has 1 N–H and O–H groups in total. The van der Waals surface area contributed by atoms with Gasteiger partial charge in [-0.05, 0) is 44.5 Å². The highest BCUT2D eigenvalue weighted by atomic mass is 32.1. The zero-order chi connectivity index (χ0) is 18.7. The van der Waals surface area contributed by atoms with Gasteiger partial charge in [-0.25, -0.2) is 4.98 Å². The third-order valence-corrected chi connectivity index (χ3v) is 5.18. The van der Waals surface area contributed by atoms with Crippen molar-refractivity contribution in [2.24, 2.45) is 0 Å². The minimum atomic E-state index is -0.0476. The summed E-state index contributed by atoms with van der Waals surface area (Å²) in [5.41, 5.74) is 6.34. The fraction of sp³-hybridized carbons (Fsp3) is 0.238. The highest BCUT2D eigenvalue weighted by Crippen LogP contribution is 2.28. The molecule has 0 radical (unpaired) electrons. The van der Waals surface area contributed by atoms with Crippen LogP contribution in [0.3, 0.4) is 0 Å². The van der Waals surface area contributed by atoms with Crippen molar-refractivity contribution in [1.29, 1.82) is 0 Å². The van der Waals surface area contributed by atoms with Gasteiger partial charge in [0.25, 0.3) is 0 Å². The van der Waals surface area contributed by atoms with Gasteiger partial charge in [0.05, 0.1) is 12.1 Å². The maximum atomic E-state index is 12.3. The lowest BCUT2D eigenvalue weighted by atomic mass is 10.2. The number of anilines is 1. The van der Waals surface area contributed by atoms with Gasteiger partial charge in [-0.2, -0.15) is 0 Å². The predicted octanol–water partition coefficient (Wildman–Crippen LogP) is 4.90. The van der Waals surface area contributed by atoms with E-state index in [0.29, 0.717) is 0 Å². The molecule has 0 aliphatic heterocycles. The van der Waals surface area contributed by atoms with Crippen LogP contribution in [0.4, 0.5) is 5.69 Å². The number of amides is 1. The van der Waals surface area contributed by atoms with Crippen molar-refractivity contribution >= 4 is 22.9 Å². The minimum Gasteiger partial charge on any atom is -0.345 e. The van der Waals surface area contributed by atoms with Gasteiger partial charge in [0.2, 0.25) is 5.91 Å². The van der Waals surface area contributed by atoms with Crippen molar-refractivity contribution in [2.75, 3.05) is 5.32 Å². The van der Waals surface area contributed by atoms with E-state index in [2.05, 4.69) is 41.4 Å². The largest absolute Gasteiger partial charge is 0.345 e. The molecule has 4 nitrogen and oxygen atoms in total. The van der Waals surface area contributed by atoms with Crippen LogP contribution in [0.1, 0.15) is 22.0 Å². The lowest BCUT2D eigenvalue weighted by molar-refractivity contribution is -0.115. The number of carbonyl (C=O) groups excluding carboxylic acids is 1. The number of thiazole rings is 1. The molecule has 1 aromatic carbocycles. The van der Waals surface area contributed by atoms with Gasteiger partial charge >= 0.3 is 0 Å². The van der Waals surface area contributed by atoms with E-state index in [9.17, 15) is 4.79 Å². The van der Waals surface area contributed by atoms with Crippen LogP contribution in [0.5, 0.6) is 0 Å². The zero-order valence-corrected chi connectivity index (χ0v) is 16.2. The molecule has 0 fully saturated rings. The smallest absolute Gasteiger partial charge is 0.231 e. The van der Waals surface area contributed by atoms with Gasteiger partial charge in [-0.15, -0.1) is 17.9 Å². The summed E-state index contributed by atoms with van der Waals surface area (Å²) in [6.45, 7) is 10.8. The second-order valence-electron chi connectivity index (χ2n) is 6.41. The molecule has 26 heavy (non-hydrogen) atoms. The summed E-state index contributed by atoms with van der Waals surface area (Å²) in [4.78, 5) is 17.0. The first-order chi connectivity index (χ1) is 12.5. The number of carbonyl (C=O) groups is 1. The van der Waals surface area contributed by atoms with Crippen molar-refractivity contribution in [3.63, 3.8) is 0 Å². The molecule has 134 valence electrons. The molecular weight excluding hydrogens is 342 g/mol. The average molecular weight is 366 g/mol. The Morgan fingerprint density at radius 3 is 2.85 bits per heavy atom. The van der Waals surface area contributed by atoms with E-state index < -0.39 is 0 Å². The Bertz CT molecular complexity index is 952. The molecule has 0 aliphatic rings. The molecule has 3 rings (SSSR count). The van der Waals surface area contributed by atoms with Crippen LogP contribution in [-0.4, -0.2) is 15.5 Å². The standard InChI is InChI=1S/C21H23N3OS/c1-5-9-24-15(3)11-18(16(24)4)19-13-26-21(23-19)12-20(25)22-17-8-6-7-14(2)10-17/h5-8,10-11,13H,1,9,12H2,2-4H3,(H,22,25). The van der Waals surface area contributed by atoms with Gasteiger partial charge in [0.1, 0.15) is 5.01 Å². The molecule has 2 aromatic heterocycles. The maximum Gasteiger partial charge on any atom is 0.231 e.